The van der Waals surface area contributed by atoms with Gasteiger partial charge >= 0.3 is 23.1 Å². The van der Waals surface area contributed by atoms with Crippen LogP contribution in [0.1, 0.15) is 51.4 Å². The van der Waals surface area contributed by atoms with Gasteiger partial charge in [-0.15, -0.1) is 0 Å². The van der Waals surface area contributed by atoms with Crippen LogP contribution >= 0.6 is 0 Å². The molecule has 0 aromatic carbocycles. The minimum Gasteiger partial charge on any atom is -1.00 e. The Morgan fingerprint density at radius 1 is 0.304 bits per heavy atom. The van der Waals surface area contributed by atoms with Crippen molar-refractivity contribution in [3.8, 4) is 0 Å². The van der Waals surface area contributed by atoms with E-state index in [-0.39, 0.29) is 57.0 Å². The summed E-state index contributed by atoms with van der Waals surface area (Å²) >= 11 is 0. The molecule has 23 heavy (non-hydrogen) atoms. The zero-order valence-electron chi connectivity index (χ0n) is 14.4. The number of rotatable bonds is 0. The van der Waals surface area contributed by atoms with Crippen LogP contribution in [0.15, 0.2) is 0 Å². The third kappa shape index (κ3) is 23.6. The number of halogens is 2. The van der Waals surface area contributed by atoms with Crippen LogP contribution < -0.4 is 34.0 Å². The molecule has 0 radical (unpaired) electrons. The van der Waals surface area contributed by atoms with Crippen LogP contribution in [0.2, 0.25) is 0 Å². The Morgan fingerprint density at radius 3 is 0.478 bits per heavy atom. The molecule has 136 valence electrons. The molecule has 0 atom stereocenters. The molecule has 7 heteroatoms. The molecule has 4 nitrogen and oxygen atoms in total. The average molecular weight is 473 g/mol. The van der Waals surface area contributed by atoms with E-state index >= 15 is 0 Å². The quantitative estimate of drug-likeness (QED) is 0.349. The van der Waals surface area contributed by atoms with Gasteiger partial charge in [-0.3, -0.25) is 0 Å². The molecule has 0 spiro atoms. The first kappa shape index (κ1) is 29.3. The Hall–Kier alpha value is 1.57. The monoisotopic (exact) mass is 470 g/mol. The maximum absolute atomic E-state index is 4.94. The van der Waals surface area contributed by atoms with E-state index in [1.165, 1.54) is 51.4 Å². The molecular weight excluding hydrogens is 440 g/mol. The second-order valence-electron chi connectivity index (χ2n) is 5.28. The SMILES string of the molecule is C1CCOC1.C1CCOC1.C1CCOC1.C1CCOC1.[Br-].[Br-].[Mg+2]. The largest absolute Gasteiger partial charge is 2.00 e. The second kappa shape index (κ2) is 25.8. The van der Waals surface area contributed by atoms with Crippen molar-refractivity contribution >= 4 is 23.1 Å². The van der Waals surface area contributed by atoms with Crippen molar-refractivity contribution in [2.75, 3.05) is 52.9 Å². The molecule has 0 aliphatic carbocycles. The zero-order chi connectivity index (χ0) is 14.1. The third-order valence-corrected chi connectivity index (χ3v) is 3.31. The van der Waals surface area contributed by atoms with Gasteiger partial charge in [-0.05, 0) is 51.4 Å². The smallest absolute Gasteiger partial charge is 1.00 e. The van der Waals surface area contributed by atoms with E-state index in [2.05, 4.69) is 0 Å². The van der Waals surface area contributed by atoms with E-state index in [0.29, 0.717) is 0 Å². The molecule has 4 saturated heterocycles. The van der Waals surface area contributed by atoms with E-state index in [9.17, 15) is 0 Å². The summed E-state index contributed by atoms with van der Waals surface area (Å²) in [5.74, 6) is 0. The fraction of sp³-hybridized carbons (Fsp3) is 1.00. The van der Waals surface area contributed by atoms with Crippen molar-refractivity contribution < 1.29 is 52.9 Å². The molecule has 0 N–H and O–H groups in total. The Kier molecular flexibility index (Phi) is 32.9. The van der Waals surface area contributed by atoms with Gasteiger partial charge in [0.1, 0.15) is 0 Å². The van der Waals surface area contributed by atoms with E-state index < -0.39 is 0 Å². The maximum Gasteiger partial charge on any atom is 2.00 e. The van der Waals surface area contributed by atoms with Gasteiger partial charge in [-0.1, -0.05) is 0 Å². The van der Waals surface area contributed by atoms with Gasteiger partial charge in [0.25, 0.3) is 0 Å². The van der Waals surface area contributed by atoms with Crippen molar-refractivity contribution in [1.82, 2.24) is 0 Å². The van der Waals surface area contributed by atoms with Gasteiger partial charge in [0, 0.05) is 52.9 Å². The van der Waals surface area contributed by atoms with Crippen LogP contribution in [0.4, 0.5) is 0 Å². The van der Waals surface area contributed by atoms with Gasteiger partial charge in [0.2, 0.25) is 0 Å². The predicted octanol–water partition coefficient (Wildman–Crippen LogP) is -3.19. The van der Waals surface area contributed by atoms with Crippen LogP contribution in [-0.2, 0) is 18.9 Å². The van der Waals surface area contributed by atoms with E-state index in [1.54, 1.807) is 0 Å². The normalized spacial score (nSPS) is 20.9. The van der Waals surface area contributed by atoms with Crippen LogP contribution in [-0.4, -0.2) is 75.9 Å². The number of hydrogen-bond donors (Lipinski definition) is 0. The van der Waals surface area contributed by atoms with E-state index in [4.69, 9.17) is 18.9 Å². The van der Waals surface area contributed by atoms with Crippen LogP contribution in [0.5, 0.6) is 0 Å². The third-order valence-electron chi connectivity index (χ3n) is 3.31. The summed E-state index contributed by atoms with van der Waals surface area (Å²) in [7, 11) is 0. The average Bonchev–Trinajstić information content (AvgIpc) is 3.40. The summed E-state index contributed by atoms with van der Waals surface area (Å²) < 4.78 is 19.8. The first-order valence-electron chi connectivity index (χ1n) is 8.31. The molecule has 4 aliphatic heterocycles. The van der Waals surface area contributed by atoms with E-state index in [0.717, 1.165) is 52.9 Å². The molecule has 0 bridgehead atoms. The topological polar surface area (TPSA) is 36.9 Å². The van der Waals surface area contributed by atoms with Gasteiger partial charge in [0.05, 0.1) is 0 Å². The molecule has 4 aliphatic rings. The molecule has 0 unspecified atom stereocenters. The Balaban J connectivity index is -0.000000222. The van der Waals surface area contributed by atoms with Crippen LogP contribution in [0, 0.1) is 0 Å². The summed E-state index contributed by atoms with van der Waals surface area (Å²) in [4.78, 5) is 0. The molecule has 0 aromatic rings. The minimum atomic E-state index is 0. The van der Waals surface area contributed by atoms with Gasteiger partial charge in [-0.2, -0.15) is 0 Å². The van der Waals surface area contributed by atoms with Crippen molar-refractivity contribution in [2.24, 2.45) is 0 Å². The molecule has 0 aromatic heterocycles. The Labute approximate surface area is 179 Å². The summed E-state index contributed by atoms with van der Waals surface area (Å²) in [5, 5.41) is 0. The van der Waals surface area contributed by atoms with Crippen LogP contribution in [0.25, 0.3) is 0 Å². The molecule has 4 fully saturated rings. The summed E-state index contributed by atoms with van der Waals surface area (Å²) in [5.41, 5.74) is 0. The number of hydrogen-bond acceptors (Lipinski definition) is 4. The van der Waals surface area contributed by atoms with E-state index in [1.807, 2.05) is 0 Å². The van der Waals surface area contributed by atoms with Crippen molar-refractivity contribution in [2.45, 2.75) is 51.4 Å². The minimum absolute atomic E-state index is 0. The van der Waals surface area contributed by atoms with Gasteiger partial charge in [0.15, 0.2) is 0 Å². The Bertz CT molecular complexity index is 116. The second-order valence-corrected chi connectivity index (χ2v) is 5.28. The first-order valence-corrected chi connectivity index (χ1v) is 8.31. The zero-order valence-corrected chi connectivity index (χ0v) is 19.0. The predicted molar refractivity (Wildman–Crippen MR) is 86.0 cm³/mol. The Morgan fingerprint density at radius 2 is 0.435 bits per heavy atom. The molecule has 4 heterocycles. The van der Waals surface area contributed by atoms with Gasteiger partial charge < -0.3 is 52.9 Å². The molecule has 4 rings (SSSR count). The van der Waals surface area contributed by atoms with Crippen molar-refractivity contribution in [3.05, 3.63) is 0 Å². The fourth-order valence-electron chi connectivity index (χ4n) is 2.04. The standard InChI is InChI=1S/4C4H8O.2BrH.Mg/c4*1-2-4-5-3-1;;;/h4*1-4H2;2*1H;/q;;;;;;+2/p-2. The summed E-state index contributed by atoms with van der Waals surface area (Å²) in [6, 6.07) is 0. The van der Waals surface area contributed by atoms with Gasteiger partial charge in [-0.25, -0.2) is 0 Å². The summed E-state index contributed by atoms with van der Waals surface area (Å²) in [6.07, 6.45) is 10.2. The maximum atomic E-state index is 4.94. The van der Waals surface area contributed by atoms with Crippen molar-refractivity contribution in [3.63, 3.8) is 0 Å². The first-order chi connectivity index (χ1) is 10.0. The summed E-state index contributed by atoms with van der Waals surface area (Å²) in [6.45, 7) is 8.00. The number of ether oxygens (including phenoxy) is 4. The fourth-order valence-corrected chi connectivity index (χ4v) is 2.04. The van der Waals surface area contributed by atoms with Crippen molar-refractivity contribution in [1.29, 1.82) is 0 Å². The molecule has 0 saturated carbocycles. The van der Waals surface area contributed by atoms with Crippen LogP contribution in [0.3, 0.4) is 0 Å². The molecule has 0 amide bonds. The molecular formula is C16H32Br2MgO4.